The van der Waals surface area contributed by atoms with Crippen molar-refractivity contribution in [3.63, 3.8) is 0 Å². The van der Waals surface area contributed by atoms with E-state index in [0.29, 0.717) is 0 Å². The van der Waals surface area contributed by atoms with Gasteiger partial charge in [0.25, 0.3) is 0 Å². The van der Waals surface area contributed by atoms with Gasteiger partial charge in [-0.15, -0.1) is 11.3 Å². The molecule has 1 aliphatic rings. The normalized spacial score (nSPS) is 17.6. The topological polar surface area (TPSA) is 24.8 Å². The van der Waals surface area contributed by atoms with Crippen molar-refractivity contribution in [3.05, 3.63) is 22.4 Å². The Bertz CT molecular complexity index is 318. The van der Waals surface area contributed by atoms with Crippen LogP contribution in [0.3, 0.4) is 0 Å². The molecule has 0 aromatic carbocycles. The Kier molecular flexibility index (Phi) is 5.52. The van der Waals surface area contributed by atoms with Crippen molar-refractivity contribution in [2.75, 3.05) is 26.2 Å². The highest BCUT2D eigenvalue weighted by molar-refractivity contribution is 7.11. The molecule has 0 atom stereocenters. The second-order valence-corrected chi connectivity index (χ2v) is 5.32. The molecule has 0 spiro atoms. The quantitative estimate of drug-likeness (QED) is 0.442. The summed E-state index contributed by atoms with van der Waals surface area (Å²) >= 11 is 1.67. The predicted octanol–water partition coefficient (Wildman–Crippen LogP) is 2.97. The Morgan fingerprint density at radius 1 is 1.35 bits per heavy atom. The largest absolute Gasteiger partial charge is 0.396 e. The molecule has 1 aromatic heterocycles. The van der Waals surface area contributed by atoms with Crippen molar-refractivity contribution in [1.82, 2.24) is 4.90 Å². The van der Waals surface area contributed by atoms with E-state index in [1.807, 2.05) is 17.5 Å². The fourth-order valence-electron chi connectivity index (χ4n) is 2.04. The van der Waals surface area contributed by atoms with Gasteiger partial charge in [-0.25, -0.2) is 0 Å². The minimum absolute atomic E-state index is 0.721. The van der Waals surface area contributed by atoms with Gasteiger partial charge in [-0.05, 0) is 43.8 Å². The molecule has 0 N–H and O–H groups in total. The highest BCUT2D eigenvalue weighted by atomic mass is 32.1. The Morgan fingerprint density at radius 3 is 3.00 bits per heavy atom. The molecule has 17 heavy (non-hydrogen) atoms. The number of oxime groups is 1. The van der Waals surface area contributed by atoms with E-state index in [1.54, 1.807) is 17.6 Å². The molecule has 2 rings (SSSR count). The van der Waals surface area contributed by atoms with Crippen LogP contribution in [0.15, 0.2) is 22.7 Å². The lowest BCUT2D eigenvalue weighted by Gasteiger charge is -2.25. The van der Waals surface area contributed by atoms with Gasteiger partial charge in [0.1, 0.15) is 6.61 Å². The number of likely N-dealkylation sites (tertiary alicyclic amines) is 1. The van der Waals surface area contributed by atoms with Crippen LogP contribution in [0.5, 0.6) is 0 Å². The summed E-state index contributed by atoms with van der Waals surface area (Å²) in [6.45, 7) is 4.39. The number of piperidine rings is 1. The van der Waals surface area contributed by atoms with Gasteiger partial charge in [0, 0.05) is 11.4 Å². The summed E-state index contributed by atoms with van der Waals surface area (Å²) in [5, 5.41) is 6.00. The van der Waals surface area contributed by atoms with Crippen molar-refractivity contribution < 1.29 is 4.84 Å². The molecule has 3 nitrogen and oxygen atoms in total. The van der Waals surface area contributed by atoms with Gasteiger partial charge < -0.3 is 9.74 Å². The van der Waals surface area contributed by atoms with E-state index in [-0.39, 0.29) is 0 Å². The molecule has 0 unspecified atom stereocenters. The molecular formula is C13H20N2OS. The maximum atomic E-state index is 5.25. The molecule has 94 valence electrons. The first kappa shape index (κ1) is 12.6. The molecule has 0 saturated carbocycles. The fourth-order valence-corrected chi connectivity index (χ4v) is 2.62. The van der Waals surface area contributed by atoms with Gasteiger partial charge in [-0.1, -0.05) is 17.6 Å². The lowest BCUT2D eigenvalue weighted by Crippen LogP contribution is -2.31. The van der Waals surface area contributed by atoms with E-state index in [1.165, 1.54) is 32.4 Å². The summed E-state index contributed by atoms with van der Waals surface area (Å²) in [4.78, 5) is 8.91. The summed E-state index contributed by atoms with van der Waals surface area (Å²) in [6, 6.07) is 4.05. The van der Waals surface area contributed by atoms with E-state index >= 15 is 0 Å². The number of nitrogens with zero attached hydrogens (tertiary/aromatic N) is 2. The van der Waals surface area contributed by atoms with E-state index in [0.717, 1.165) is 24.4 Å². The van der Waals surface area contributed by atoms with Gasteiger partial charge in [0.05, 0.1) is 6.21 Å². The first-order valence-electron chi connectivity index (χ1n) is 6.36. The van der Waals surface area contributed by atoms with E-state index in [2.05, 4.69) is 10.1 Å². The zero-order chi connectivity index (χ0) is 11.8. The van der Waals surface area contributed by atoms with E-state index < -0.39 is 0 Å². The van der Waals surface area contributed by atoms with Crippen molar-refractivity contribution >= 4 is 17.6 Å². The molecule has 0 aliphatic carbocycles. The fraction of sp³-hybridized carbons (Fsp3) is 0.615. The smallest absolute Gasteiger partial charge is 0.118 e. The lowest BCUT2D eigenvalue weighted by atomic mass is 10.1. The Morgan fingerprint density at radius 2 is 2.24 bits per heavy atom. The van der Waals surface area contributed by atoms with Crippen LogP contribution in [-0.2, 0) is 4.84 Å². The molecule has 0 radical (unpaired) electrons. The molecule has 1 aliphatic heterocycles. The molecular weight excluding hydrogens is 232 g/mol. The van der Waals surface area contributed by atoms with Crippen molar-refractivity contribution in [2.24, 2.45) is 5.16 Å². The third-order valence-electron chi connectivity index (χ3n) is 2.96. The Hall–Kier alpha value is -0.870. The lowest BCUT2D eigenvalue weighted by molar-refractivity contribution is 0.125. The van der Waals surface area contributed by atoms with Crippen LogP contribution in [0.4, 0.5) is 0 Å². The first-order chi connectivity index (χ1) is 8.45. The Labute approximate surface area is 107 Å². The second kappa shape index (κ2) is 7.45. The van der Waals surface area contributed by atoms with Crippen LogP contribution in [0, 0.1) is 0 Å². The second-order valence-electron chi connectivity index (χ2n) is 4.34. The molecule has 0 amide bonds. The van der Waals surface area contributed by atoms with Crippen LogP contribution in [0.1, 0.15) is 30.6 Å². The van der Waals surface area contributed by atoms with Crippen LogP contribution in [-0.4, -0.2) is 37.4 Å². The van der Waals surface area contributed by atoms with Gasteiger partial charge in [0.15, 0.2) is 0 Å². The number of thiophene rings is 1. The van der Waals surface area contributed by atoms with Crippen LogP contribution < -0.4 is 0 Å². The molecule has 4 heteroatoms. The molecule has 0 bridgehead atoms. The van der Waals surface area contributed by atoms with Crippen LogP contribution in [0.25, 0.3) is 0 Å². The summed E-state index contributed by atoms with van der Waals surface area (Å²) in [6.07, 6.45) is 6.97. The van der Waals surface area contributed by atoms with Gasteiger partial charge >= 0.3 is 0 Å². The molecule has 2 heterocycles. The summed E-state index contributed by atoms with van der Waals surface area (Å²) < 4.78 is 0. The standard InChI is InChI=1S/C13H20N2OS/c1-2-7-15(8-3-1)9-5-10-16-14-12-13-6-4-11-17-13/h4,6,11-12H,1-3,5,7-10H2. The Balaban J connectivity index is 1.51. The van der Waals surface area contributed by atoms with Gasteiger partial charge in [0.2, 0.25) is 0 Å². The molecule has 1 aromatic rings. The molecule has 1 fully saturated rings. The van der Waals surface area contributed by atoms with E-state index in [9.17, 15) is 0 Å². The van der Waals surface area contributed by atoms with Crippen molar-refractivity contribution in [1.29, 1.82) is 0 Å². The highest BCUT2D eigenvalue weighted by Gasteiger charge is 2.08. The molecule has 1 saturated heterocycles. The zero-order valence-electron chi connectivity index (χ0n) is 10.2. The monoisotopic (exact) mass is 252 g/mol. The third kappa shape index (κ3) is 4.88. The van der Waals surface area contributed by atoms with Gasteiger partial charge in [-0.3, -0.25) is 0 Å². The minimum Gasteiger partial charge on any atom is -0.396 e. The maximum Gasteiger partial charge on any atom is 0.118 e. The predicted molar refractivity (Wildman–Crippen MR) is 72.8 cm³/mol. The zero-order valence-corrected chi connectivity index (χ0v) is 11.0. The van der Waals surface area contributed by atoms with Gasteiger partial charge in [-0.2, -0.15) is 0 Å². The number of rotatable bonds is 6. The van der Waals surface area contributed by atoms with Crippen molar-refractivity contribution in [3.8, 4) is 0 Å². The summed E-state index contributed by atoms with van der Waals surface area (Å²) in [5.74, 6) is 0. The number of hydrogen-bond donors (Lipinski definition) is 0. The average Bonchev–Trinajstić information content (AvgIpc) is 2.88. The van der Waals surface area contributed by atoms with Crippen LogP contribution >= 0.6 is 11.3 Å². The highest BCUT2D eigenvalue weighted by Crippen LogP contribution is 2.08. The SMILES string of the molecule is C(=NOCCCN1CCCCC1)c1cccs1. The average molecular weight is 252 g/mol. The first-order valence-corrected chi connectivity index (χ1v) is 7.24. The van der Waals surface area contributed by atoms with E-state index in [4.69, 9.17) is 4.84 Å². The number of hydrogen-bond acceptors (Lipinski definition) is 4. The minimum atomic E-state index is 0.721. The third-order valence-corrected chi connectivity index (χ3v) is 3.76. The van der Waals surface area contributed by atoms with Crippen molar-refractivity contribution in [2.45, 2.75) is 25.7 Å². The maximum absolute atomic E-state index is 5.25. The summed E-state index contributed by atoms with van der Waals surface area (Å²) in [5.41, 5.74) is 0. The van der Waals surface area contributed by atoms with Crippen LogP contribution in [0.2, 0.25) is 0 Å². The summed E-state index contributed by atoms with van der Waals surface area (Å²) in [7, 11) is 0.